The van der Waals surface area contributed by atoms with E-state index in [1.807, 2.05) is 37.3 Å². The first-order chi connectivity index (χ1) is 20.9. The number of amides is 1. The Morgan fingerprint density at radius 2 is 1.86 bits per heavy atom. The van der Waals surface area contributed by atoms with E-state index in [2.05, 4.69) is 11.4 Å². The van der Waals surface area contributed by atoms with Crippen LogP contribution >= 0.6 is 8.19 Å². The summed E-state index contributed by atoms with van der Waals surface area (Å²) in [6, 6.07) is 17.0. The van der Waals surface area contributed by atoms with Gasteiger partial charge in [0.05, 0.1) is 11.9 Å². The highest BCUT2D eigenvalue weighted by Gasteiger charge is 2.29. The molecule has 0 bridgehead atoms. The third-order valence-electron chi connectivity index (χ3n) is 7.96. The van der Waals surface area contributed by atoms with Crippen LogP contribution in [0.4, 0.5) is 13.2 Å². The number of halogens is 3. The molecule has 0 saturated heterocycles. The van der Waals surface area contributed by atoms with Gasteiger partial charge in [0.25, 0.3) is 5.91 Å². The van der Waals surface area contributed by atoms with E-state index in [9.17, 15) is 18.7 Å². The van der Waals surface area contributed by atoms with E-state index in [1.165, 1.54) is 25.1 Å². The number of ether oxygens (including phenoxy) is 1. The molecule has 3 aromatic carbocycles. The van der Waals surface area contributed by atoms with Gasteiger partial charge in [-0.1, -0.05) is 45.4 Å². The summed E-state index contributed by atoms with van der Waals surface area (Å²) >= 11 is 0. The van der Waals surface area contributed by atoms with Crippen LogP contribution in [0.3, 0.4) is 0 Å². The fourth-order valence-electron chi connectivity index (χ4n) is 5.26. The zero-order chi connectivity index (χ0) is 31.7. The van der Waals surface area contributed by atoms with Gasteiger partial charge in [0, 0.05) is 46.7 Å². The van der Waals surface area contributed by atoms with Crippen LogP contribution in [0.2, 0.25) is 0 Å². The number of carbonyl (C=O) groups is 1. The van der Waals surface area contributed by atoms with Crippen molar-refractivity contribution < 1.29 is 27.8 Å². The van der Waals surface area contributed by atoms with Crippen molar-refractivity contribution >= 4 is 26.1 Å². The first-order valence-corrected chi connectivity index (χ1v) is 15.1. The third kappa shape index (κ3) is 6.27. The van der Waals surface area contributed by atoms with Crippen molar-refractivity contribution in [3.05, 3.63) is 117 Å². The molecule has 44 heavy (non-hydrogen) atoms. The summed E-state index contributed by atoms with van der Waals surface area (Å²) < 4.78 is 48.8. The summed E-state index contributed by atoms with van der Waals surface area (Å²) in [5.41, 5.74) is 3.60. The Morgan fingerprint density at radius 3 is 2.57 bits per heavy atom. The van der Waals surface area contributed by atoms with Crippen LogP contribution in [-0.4, -0.2) is 30.1 Å². The monoisotopic (exact) mass is 616 g/mol. The van der Waals surface area contributed by atoms with Crippen LogP contribution in [0.1, 0.15) is 69.2 Å². The molecule has 2 heterocycles. The minimum atomic E-state index is -1.10. The molecule has 2 unspecified atom stereocenters. The lowest BCUT2D eigenvalue weighted by molar-refractivity contribution is 0.0952. The molecular weight excluding hydrogens is 584 g/mol. The Labute approximate surface area is 256 Å². The van der Waals surface area contributed by atoms with Gasteiger partial charge >= 0.3 is 0 Å². The van der Waals surface area contributed by atoms with Crippen LogP contribution in [0.25, 0.3) is 16.9 Å². The van der Waals surface area contributed by atoms with Crippen molar-refractivity contribution in [2.24, 2.45) is 0 Å². The van der Waals surface area contributed by atoms with Gasteiger partial charge in [-0.15, -0.1) is 0 Å². The summed E-state index contributed by atoms with van der Waals surface area (Å²) in [5, 5.41) is 22.3. The number of hydrogen-bond acceptors (Lipinski definition) is 4. The number of carbonyl (C=O) groups excluding carboxylic acids is 1. The minimum absolute atomic E-state index is 0.0531. The summed E-state index contributed by atoms with van der Waals surface area (Å²) in [7, 11) is 0.666. The molecule has 1 aliphatic rings. The SMILES string of the molecule is C/C(=C/c1cc(C(=O)NCC(c2ccccc2)c2cc3c(c(-c4cc(C)c(F)cc4F)p2)OCC3C)cc(O)c1C)C(=N)F. The van der Waals surface area contributed by atoms with Crippen molar-refractivity contribution in [3.63, 3.8) is 0 Å². The molecule has 9 heteroatoms. The molecule has 1 amide bonds. The molecule has 0 spiro atoms. The van der Waals surface area contributed by atoms with Crippen LogP contribution in [0.15, 0.2) is 66.2 Å². The lowest BCUT2D eigenvalue weighted by atomic mass is 9.94. The van der Waals surface area contributed by atoms with Gasteiger partial charge in [0.1, 0.15) is 23.1 Å². The molecule has 1 aromatic heterocycles. The molecular formula is C35H32F3N2O3P. The summed E-state index contributed by atoms with van der Waals surface area (Å²) in [6.07, 6.45) is 1.41. The number of nitrogens with one attached hydrogen (secondary N) is 2. The third-order valence-corrected chi connectivity index (χ3v) is 9.33. The van der Waals surface area contributed by atoms with Crippen molar-refractivity contribution in [1.29, 1.82) is 5.41 Å². The predicted octanol–water partition coefficient (Wildman–Crippen LogP) is 8.94. The van der Waals surface area contributed by atoms with E-state index in [0.29, 0.717) is 42.5 Å². The molecule has 0 saturated carbocycles. The van der Waals surface area contributed by atoms with Gasteiger partial charge in [-0.25, -0.2) is 8.78 Å². The van der Waals surface area contributed by atoms with Crippen molar-refractivity contribution in [1.82, 2.24) is 5.32 Å². The molecule has 0 aliphatic carbocycles. The molecule has 0 radical (unpaired) electrons. The maximum absolute atomic E-state index is 15.2. The largest absolute Gasteiger partial charge is 0.508 e. The van der Waals surface area contributed by atoms with Crippen molar-refractivity contribution in [3.8, 4) is 22.4 Å². The van der Waals surface area contributed by atoms with Crippen molar-refractivity contribution in [2.45, 2.75) is 39.5 Å². The van der Waals surface area contributed by atoms with Gasteiger partial charge in [-0.05, 0) is 78.7 Å². The van der Waals surface area contributed by atoms with Gasteiger partial charge in [-0.3, -0.25) is 10.2 Å². The van der Waals surface area contributed by atoms with Crippen LogP contribution in [-0.2, 0) is 0 Å². The number of allylic oxidation sites excluding steroid dienone is 1. The Morgan fingerprint density at radius 1 is 1.14 bits per heavy atom. The topological polar surface area (TPSA) is 82.4 Å². The Bertz CT molecular complexity index is 1810. The molecule has 5 nitrogen and oxygen atoms in total. The van der Waals surface area contributed by atoms with E-state index < -0.39 is 23.5 Å². The molecule has 226 valence electrons. The van der Waals surface area contributed by atoms with Gasteiger partial charge in [-0.2, -0.15) is 4.39 Å². The van der Waals surface area contributed by atoms with E-state index in [4.69, 9.17) is 10.1 Å². The predicted molar refractivity (Wildman–Crippen MR) is 169 cm³/mol. The van der Waals surface area contributed by atoms with Crippen LogP contribution < -0.4 is 10.1 Å². The zero-order valence-corrected chi connectivity index (χ0v) is 25.7. The second-order valence-corrected chi connectivity index (χ2v) is 12.3. The number of benzene rings is 3. The first-order valence-electron chi connectivity index (χ1n) is 14.2. The minimum Gasteiger partial charge on any atom is -0.508 e. The standard InChI is InChI=1S/C35H32F3N2O3P/c1-18-11-26(29(37)15-28(18)36)33-32-25(20(3)17-43-32)14-31(44-33)27(22-8-6-5-7-9-22)16-40-35(42)24-12-23(10-19(2)34(38)39)21(4)30(41)13-24/h5-15,20,27,39,41H,16-17H2,1-4H3,(H,40,42)/b19-10-,39-34?. The molecule has 2 atom stereocenters. The highest BCUT2D eigenvalue weighted by Crippen LogP contribution is 2.50. The van der Waals surface area contributed by atoms with E-state index in [1.54, 1.807) is 19.9 Å². The van der Waals surface area contributed by atoms with E-state index in [-0.39, 0.29) is 40.8 Å². The molecule has 3 N–H and O–H groups in total. The highest BCUT2D eigenvalue weighted by atomic mass is 31.0. The second kappa shape index (κ2) is 12.7. The average Bonchev–Trinajstić information content (AvgIpc) is 3.37. The summed E-state index contributed by atoms with van der Waals surface area (Å²) in [6.45, 7) is 7.34. The maximum atomic E-state index is 15.2. The molecule has 4 aromatic rings. The maximum Gasteiger partial charge on any atom is 0.251 e. The zero-order valence-electron chi connectivity index (χ0n) is 24.8. The molecule has 5 rings (SSSR count). The van der Waals surface area contributed by atoms with Crippen LogP contribution in [0.5, 0.6) is 11.5 Å². The second-order valence-electron chi connectivity index (χ2n) is 11.1. The smallest absolute Gasteiger partial charge is 0.251 e. The van der Waals surface area contributed by atoms with E-state index >= 15 is 4.39 Å². The number of aromatic hydroxyl groups is 1. The number of aryl methyl sites for hydroxylation is 1. The Kier molecular flexibility index (Phi) is 8.93. The quantitative estimate of drug-likeness (QED) is 0.173. The highest BCUT2D eigenvalue weighted by molar-refractivity contribution is 7.35. The first kappa shape index (κ1) is 31.0. The fourth-order valence-corrected chi connectivity index (χ4v) is 6.71. The van der Waals surface area contributed by atoms with Gasteiger partial charge < -0.3 is 15.2 Å². The molecule has 0 fully saturated rings. The number of phenolic OH excluding ortho intramolecular Hbond substituents is 1. The van der Waals surface area contributed by atoms with Gasteiger partial charge in [0.2, 0.25) is 5.97 Å². The Hall–Kier alpha value is -4.42. The fraction of sp³-hybridized carbons (Fsp3) is 0.229. The number of fused-ring (bicyclic) bond motifs is 1. The number of rotatable bonds is 8. The molecule has 1 aliphatic heterocycles. The lowest BCUT2D eigenvalue weighted by Gasteiger charge is -2.21. The van der Waals surface area contributed by atoms with E-state index in [0.717, 1.165) is 22.5 Å². The van der Waals surface area contributed by atoms with Crippen LogP contribution in [0, 0.1) is 30.9 Å². The Balaban J connectivity index is 1.55. The summed E-state index contributed by atoms with van der Waals surface area (Å²) in [4.78, 5) is 13.4. The van der Waals surface area contributed by atoms with Crippen molar-refractivity contribution in [2.75, 3.05) is 13.2 Å². The average molecular weight is 617 g/mol. The number of hydrogen-bond donors (Lipinski definition) is 3. The number of phenols is 1. The normalized spacial score (nSPS) is 15.2. The summed E-state index contributed by atoms with van der Waals surface area (Å²) in [5.74, 6) is -2.60. The lowest BCUT2D eigenvalue weighted by Crippen LogP contribution is -2.28. The van der Waals surface area contributed by atoms with Gasteiger partial charge in [0.15, 0.2) is 0 Å².